The predicted octanol–water partition coefficient (Wildman–Crippen LogP) is 4.16. The number of fused-ring (bicyclic) bond motifs is 1. The van der Waals surface area contributed by atoms with Gasteiger partial charge in [-0.2, -0.15) is 0 Å². The molecule has 0 amide bonds. The average molecular weight is 264 g/mol. The molecule has 2 heteroatoms. The minimum Gasteiger partial charge on any atom is -0.348 e. The maximum Gasteiger partial charge on any atom is 0.169 e. The molecule has 3 aliphatic rings. The van der Waals surface area contributed by atoms with E-state index in [-0.39, 0.29) is 5.79 Å². The molecule has 3 fully saturated rings. The Balaban J connectivity index is 1.89. The van der Waals surface area contributed by atoms with Crippen molar-refractivity contribution < 1.29 is 9.47 Å². The Labute approximate surface area is 117 Å². The lowest BCUT2D eigenvalue weighted by atomic mass is 9.68. The Morgan fingerprint density at radius 3 is 2.53 bits per heavy atom. The lowest BCUT2D eigenvalue weighted by Crippen LogP contribution is -2.34. The van der Waals surface area contributed by atoms with Crippen molar-refractivity contribution in [3.05, 3.63) is 12.7 Å². The van der Waals surface area contributed by atoms with Crippen LogP contribution in [-0.2, 0) is 9.47 Å². The fourth-order valence-corrected chi connectivity index (χ4v) is 5.36. The first-order valence-electron chi connectivity index (χ1n) is 7.80. The average Bonchev–Trinajstić information content (AvgIpc) is 2.91. The molecule has 1 saturated heterocycles. The molecule has 108 valence electrons. The summed E-state index contributed by atoms with van der Waals surface area (Å²) in [7, 11) is 0. The zero-order valence-corrected chi connectivity index (χ0v) is 12.7. The van der Waals surface area contributed by atoms with Gasteiger partial charge in [0.05, 0.1) is 13.2 Å². The summed E-state index contributed by atoms with van der Waals surface area (Å²) < 4.78 is 12.0. The molecule has 0 aromatic heterocycles. The molecular formula is C17H28O2. The molecule has 0 aromatic rings. The molecule has 1 aliphatic heterocycles. The van der Waals surface area contributed by atoms with Crippen LogP contribution in [0.25, 0.3) is 0 Å². The molecule has 1 spiro atoms. The molecule has 0 aromatic carbocycles. The summed E-state index contributed by atoms with van der Waals surface area (Å²) in [5, 5.41) is 0. The molecule has 0 bridgehead atoms. The highest BCUT2D eigenvalue weighted by atomic mass is 16.7. The van der Waals surface area contributed by atoms with Gasteiger partial charge in [0, 0.05) is 12.8 Å². The first-order valence-corrected chi connectivity index (χ1v) is 7.80. The number of ether oxygens (including phenoxy) is 2. The number of allylic oxidation sites excluding steroid dienone is 1. The summed E-state index contributed by atoms with van der Waals surface area (Å²) in [5.74, 6) is 1.20. The van der Waals surface area contributed by atoms with Gasteiger partial charge >= 0.3 is 0 Å². The van der Waals surface area contributed by atoms with Gasteiger partial charge in [-0.15, -0.1) is 6.58 Å². The van der Waals surface area contributed by atoms with Gasteiger partial charge in [0.15, 0.2) is 5.79 Å². The minimum atomic E-state index is -0.239. The molecule has 3 rings (SSSR count). The molecular weight excluding hydrogens is 236 g/mol. The number of hydrogen-bond acceptors (Lipinski definition) is 2. The standard InChI is InChI=1S/C17H28O2/c1-5-6-13(2)16-11-15(3,4)9-14(16)10-17(12-16)18-7-8-19-17/h5,13-14H,1,6-12H2,2-4H3/t13-,14+,16-/m0/s1. The van der Waals surface area contributed by atoms with Gasteiger partial charge in [0.1, 0.15) is 0 Å². The fraction of sp³-hybridized carbons (Fsp3) is 0.882. The Bertz CT molecular complexity index is 367. The van der Waals surface area contributed by atoms with Crippen LogP contribution in [0.2, 0.25) is 0 Å². The van der Waals surface area contributed by atoms with E-state index in [4.69, 9.17) is 9.47 Å². The molecule has 2 aliphatic carbocycles. The summed E-state index contributed by atoms with van der Waals surface area (Å²) in [6.07, 6.45) is 8.05. The Morgan fingerprint density at radius 2 is 1.89 bits per heavy atom. The van der Waals surface area contributed by atoms with Gasteiger partial charge in [0.2, 0.25) is 0 Å². The van der Waals surface area contributed by atoms with Crippen LogP contribution in [0, 0.1) is 22.7 Å². The number of rotatable bonds is 3. The van der Waals surface area contributed by atoms with Crippen molar-refractivity contribution in [2.24, 2.45) is 22.7 Å². The Kier molecular flexibility index (Phi) is 3.10. The van der Waals surface area contributed by atoms with E-state index in [0.29, 0.717) is 16.7 Å². The summed E-state index contributed by atoms with van der Waals surface area (Å²) in [6, 6.07) is 0. The van der Waals surface area contributed by atoms with Crippen LogP contribution in [0.1, 0.15) is 52.9 Å². The topological polar surface area (TPSA) is 18.5 Å². The number of hydrogen-bond donors (Lipinski definition) is 0. The highest BCUT2D eigenvalue weighted by Gasteiger charge is 2.64. The molecule has 2 saturated carbocycles. The van der Waals surface area contributed by atoms with E-state index < -0.39 is 0 Å². The molecule has 0 radical (unpaired) electrons. The molecule has 19 heavy (non-hydrogen) atoms. The summed E-state index contributed by atoms with van der Waals surface area (Å²) in [5.41, 5.74) is 0.877. The van der Waals surface area contributed by atoms with E-state index in [1.54, 1.807) is 0 Å². The van der Waals surface area contributed by atoms with Crippen molar-refractivity contribution in [1.82, 2.24) is 0 Å². The third kappa shape index (κ3) is 2.08. The van der Waals surface area contributed by atoms with Gasteiger partial charge in [0.25, 0.3) is 0 Å². The van der Waals surface area contributed by atoms with Gasteiger partial charge in [-0.05, 0) is 41.9 Å². The second kappa shape index (κ2) is 4.33. The second-order valence-corrected chi connectivity index (χ2v) is 7.89. The zero-order chi connectivity index (χ0) is 13.7. The van der Waals surface area contributed by atoms with Crippen LogP contribution in [0.5, 0.6) is 0 Å². The molecule has 2 nitrogen and oxygen atoms in total. The van der Waals surface area contributed by atoms with E-state index in [1.165, 1.54) is 12.8 Å². The van der Waals surface area contributed by atoms with E-state index in [2.05, 4.69) is 33.4 Å². The van der Waals surface area contributed by atoms with Crippen molar-refractivity contribution in [3.63, 3.8) is 0 Å². The summed E-state index contributed by atoms with van der Waals surface area (Å²) in [6.45, 7) is 12.8. The normalized spacial score (nSPS) is 40.5. The van der Waals surface area contributed by atoms with Crippen molar-refractivity contribution >= 4 is 0 Å². The van der Waals surface area contributed by atoms with Crippen LogP contribution in [0.15, 0.2) is 12.7 Å². The smallest absolute Gasteiger partial charge is 0.169 e. The van der Waals surface area contributed by atoms with Crippen LogP contribution in [-0.4, -0.2) is 19.0 Å². The van der Waals surface area contributed by atoms with E-state index >= 15 is 0 Å². The van der Waals surface area contributed by atoms with Crippen molar-refractivity contribution in [2.45, 2.75) is 58.7 Å². The minimum absolute atomic E-state index is 0.239. The quantitative estimate of drug-likeness (QED) is 0.713. The zero-order valence-electron chi connectivity index (χ0n) is 12.7. The SMILES string of the molecule is C=CC[C@H](C)[C@@]12CC(C)(C)C[C@@H]1CC1(C2)OCCO1. The van der Waals surface area contributed by atoms with Gasteiger partial charge in [-0.25, -0.2) is 0 Å². The van der Waals surface area contributed by atoms with Crippen molar-refractivity contribution in [1.29, 1.82) is 0 Å². The first-order chi connectivity index (χ1) is 8.91. The summed E-state index contributed by atoms with van der Waals surface area (Å²) >= 11 is 0. The van der Waals surface area contributed by atoms with E-state index in [1.807, 2.05) is 0 Å². The largest absolute Gasteiger partial charge is 0.348 e. The Hall–Kier alpha value is -0.340. The van der Waals surface area contributed by atoms with Crippen LogP contribution in [0.3, 0.4) is 0 Å². The second-order valence-electron chi connectivity index (χ2n) is 7.89. The highest BCUT2D eigenvalue weighted by Crippen LogP contribution is 2.68. The van der Waals surface area contributed by atoms with Crippen LogP contribution < -0.4 is 0 Å². The molecule has 0 unspecified atom stereocenters. The maximum atomic E-state index is 6.01. The van der Waals surface area contributed by atoms with E-state index in [0.717, 1.165) is 38.4 Å². The van der Waals surface area contributed by atoms with Crippen molar-refractivity contribution in [3.8, 4) is 0 Å². The predicted molar refractivity (Wildman–Crippen MR) is 76.8 cm³/mol. The molecule has 0 N–H and O–H groups in total. The molecule has 1 heterocycles. The fourth-order valence-electron chi connectivity index (χ4n) is 5.36. The summed E-state index contributed by atoms with van der Waals surface area (Å²) in [4.78, 5) is 0. The van der Waals surface area contributed by atoms with Crippen LogP contribution in [0.4, 0.5) is 0 Å². The van der Waals surface area contributed by atoms with E-state index in [9.17, 15) is 0 Å². The first kappa shape index (κ1) is 13.6. The Morgan fingerprint density at radius 1 is 1.21 bits per heavy atom. The highest BCUT2D eigenvalue weighted by molar-refractivity contribution is 5.11. The van der Waals surface area contributed by atoms with Gasteiger partial charge in [-0.3, -0.25) is 0 Å². The van der Waals surface area contributed by atoms with Crippen LogP contribution >= 0.6 is 0 Å². The maximum absolute atomic E-state index is 6.01. The third-order valence-electron chi connectivity index (χ3n) is 5.89. The monoisotopic (exact) mass is 264 g/mol. The lowest BCUT2D eigenvalue weighted by Gasteiger charge is -2.37. The lowest BCUT2D eigenvalue weighted by molar-refractivity contribution is -0.162. The molecule has 3 atom stereocenters. The van der Waals surface area contributed by atoms with Gasteiger partial charge in [-0.1, -0.05) is 26.8 Å². The third-order valence-corrected chi connectivity index (χ3v) is 5.89. The van der Waals surface area contributed by atoms with Gasteiger partial charge < -0.3 is 9.47 Å². The van der Waals surface area contributed by atoms with Crippen molar-refractivity contribution in [2.75, 3.05) is 13.2 Å².